The van der Waals surface area contributed by atoms with E-state index in [2.05, 4.69) is 0 Å². The Balaban J connectivity index is 2.46. The first-order valence-electron chi connectivity index (χ1n) is 6.46. The van der Waals surface area contributed by atoms with Gasteiger partial charge >= 0.3 is 0 Å². The van der Waals surface area contributed by atoms with E-state index in [0.717, 1.165) is 23.8 Å². The zero-order valence-electron chi connectivity index (χ0n) is 12.1. The van der Waals surface area contributed by atoms with Crippen molar-refractivity contribution in [1.29, 1.82) is 0 Å². The molecule has 1 aliphatic rings. The van der Waals surface area contributed by atoms with Crippen molar-refractivity contribution < 1.29 is 18.0 Å². The molecule has 0 N–H and O–H groups in total. The highest BCUT2D eigenvalue weighted by Crippen LogP contribution is 2.26. The number of hydrogen-bond acceptors (Lipinski definition) is 4. The van der Waals surface area contributed by atoms with E-state index in [0.29, 0.717) is 0 Å². The fourth-order valence-corrected chi connectivity index (χ4v) is 3.31. The maximum Gasteiger partial charge on any atom is 0.210 e. The lowest BCUT2D eigenvalue weighted by molar-refractivity contribution is -0.114. The minimum atomic E-state index is -3.97. The van der Waals surface area contributed by atoms with Crippen LogP contribution in [0, 0.1) is 0 Å². The first-order chi connectivity index (χ1) is 9.62. The van der Waals surface area contributed by atoms with E-state index in [-0.39, 0.29) is 10.3 Å². The molecule has 1 aliphatic carbocycles. The Morgan fingerprint density at radius 2 is 1.48 bits per heavy atom. The number of carbonyl (C=O) groups excluding carboxylic acids is 2. The molecule has 21 heavy (non-hydrogen) atoms. The van der Waals surface area contributed by atoms with Crippen molar-refractivity contribution >= 4 is 21.4 Å². The van der Waals surface area contributed by atoms with Crippen LogP contribution >= 0.6 is 0 Å². The molecule has 0 aliphatic heterocycles. The molecule has 110 valence electrons. The summed E-state index contributed by atoms with van der Waals surface area (Å²) in [5.41, 5.74) is 0.891. The molecule has 0 unspecified atom stereocenters. The van der Waals surface area contributed by atoms with Crippen molar-refractivity contribution in [2.24, 2.45) is 0 Å². The first-order valence-corrected chi connectivity index (χ1v) is 7.94. The van der Waals surface area contributed by atoms with Crippen LogP contribution in [0.25, 0.3) is 0 Å². The predicted molar refractivity (Wildman–Crippen MR) is 79.6 cm³/mol. The fourth-order valence-electron chi connectivity index (χ4n) is 1.96. The Hall–Kier alpha value is -2.01. The largest absolute Gasteiger partial charge is 0.290 e. The van der Waals surface area contributed by atoms with Crippen LogP contribution in [-0.2, 0) is 24.8 Å². The topological polar surface area (TPSA) is 68.3 Å². The lowest BCUT2D eigenvalue weighted by atomic mass is 9.87. The molecule has 0 radical (unpaired) electrons. The normalized spacial score (nSPS) is 16.0. The summed E-state index contributed by atoms with van der Waals surface area (Å²) >= 11 is 0. The highest BCUT2D eigenvalue weighted by atomic mass is 32.2. The molecule has 0 bridgehead atoms. The average molecular weight is 304 g/mol. The second kappa shape index (κ2) is 5.07. The van der Waals surface area contributed by atoms with E-state index in [4.69, 9.17) is 0 Å². The Labute approximate surface area is 124 Å². The average Bonchev–Trinajstić information content (AvgIpc) is 2.40. The minimum absolute atomic E-state index is 0.0122. The van der Waals surface area contributed by atoms with Gasteiger partial charge in [0.2, 0.25) is 9.84 Å². The van der Waals surface area contributed by atoms with Gasteiger partial charge in [-0.05, 0) is 35.3 Å². The monoisotopic (exact) mass is 304 g/mol. The lowest BCUT2D eigenvalue weighted by Crippen LogP contribution is -2.17. The van der Waals surface area contributed by atoms with Crippen LogP contribution in [0.1, 0.15) is 26.3 Å². The van der Waals surface area contributed by atoms with Gasteiger partial charge < -0.3 is 0 Å². The summed E-state index contributed by atoms with van der Waals surface area (Å²) in [6, 6.07) is 6.37. The van der Waals surface area contributed by atoms with Crippen LogP contribution < -0.4 is 0 Å². The van der Waals surface area contributed by atoms with Crippen molar-refractivity contribution in [1.82, 2.24) is 0 Å². The van der Waals surface area contributed by atoms with E-state index in [1.165, 1.54) is 12.1 Å². The van der Waals surface area contributed by atoms with Crippen molar-refractivity contribution in [2.45, 2.75) is 31.1 Å². The fraction of sp³-hybridized carbons (Fsp3) is 0.250. The summed E-state index contributed by atoms with van der Waals surface area (Å²) in [5, 5.41) is 0. The number of rotatable bonds is 2. The van der Waals surface area contributed by atoms with Crippen molar-refractivity contribution in [3.8, 4) is 0 Å². The zero-order chi connectivity index (χ0) is 15.8. The standard InChI is InChI=1S/C16H16O4S/c1-16(2,3)11-4-7-13(8-5-11)21(19,20)15-10-12(17)6-9-14(15)18/h4-10H,1-3H3. The smallest absolute Gasteiger partial charge is 0.210 e. The molecule has 0 saturated heterocycles. The van der Waals surface area contributed by atoms with E-state index < -0.39 is 26.3 Å². The van der Waals surface area contributed by atoms with Crippen LogP contribution in [0.4, 0.5) is 0 Å². The predicted octanol–water partition coefficient (Wildman–Crippen LogP) is 2.35. The Bertz CT molecular complexity index is 757. The summed E-state index contributed by atoms with van der Waals surface area (Å²) in [6.45, 7) is 6.06. The maximum atomic E-state index is 12.4. The molecule has 0 heterocycles. The highest BCUT2D eigenvalue weighted by molar-refractivity contribution is 7.96. The van der Waals surface area contributed by atoms with E-state index in [1.54, 1.807) is 12.1 Å². The molecule has 4 nitrogen and oxygen atoms in total. The molecule has 0 spiro atoms. The number of carbonyl (C=O) groups is 2. The molecule has 5 heteroatoms. The van der Waals surface area contributed by atoms with Crippen LogP contribution in [0.2, 0.25) is 0 Å². The second-order valence-corrected chi connectivity index (χ2v) is 7.80. The summed E-state index contributed by atoms with van der Waals surface area (Å²) in [6.07, 6.45) is 2.91. The molecular formula is C16H16O4S. The molecule has 0 saturated carbocycles. The van der Waals surface area contributed by atoms with Gasteiger partial charge in [-0.15, -0.1) is 0 Å². The third kappa shape index (κ3) is 3.03. The van der Waals surface area contributed by atoms with E-state index in [1.807, 2.05) is 20.8 Å². The van der Waals surface area contributed by atoms with Gasteiger partial charge in [0, 0.05) is 6.08 Å². The summed E-state index contributed by atoms with van der Waals surface area (Å²) in [4.78, 5) is 22.5. The molecule has 0 amide bonds. The van der Waals surface area contributed by atoms with Crippen molar-refractivity contribution in [2.75, 3.05) is 0 Å². The van der Waals surface area contributed by atoms with Gasteiger partial charge in [-0.2, -0.15) is 0 Å². The SMILES string of the molecule is CC(C)(C)c1ccc(S(=O)(=O)C2=CC(=O)C=CC2=O)cc1. The second-order valence-electron chi connectivity index (χ2n) is 5.89. The summed E-state index contributed by atoms with van der Waals surface area (Å²) in [5.74, 6) is -1.17. The Kier molecular flexibility index (Phi) is 3.72. The number of benzene rings is 1. The van der Waals surface area contributed by atoms with Crippen LogP contribution in [0.5, 0.6) is 0 Å². The van der Waals surface area contributed by atoms with Crippen LogP contribution in [0.3, 0.4) is 0 Å². The molecule has 1 aromatic carbocycles. The maximum absolute atomic E-state index is 12.4. The van der Waals surface area contributed by atoms with Crippen LogP contribution in [0.15, 0.2) is 52.3 Å². The van der Waals surface area contributed by atoms with E-state index >= 15 is 0 Å². The molecule has 0 atom stereocenters. The van der Waals surface area contributed by atoms with Gasteiger partial charge in [0.1, 0.15) is 4.91 Å². The van der Waals surface area contributed by atoms with Crippen LogP contribution in [-0.4, -0.2) is 20.0 Å². The van der Waals surface area contributed by atoms with E-state index in [9.17, 15) is 18.0 Å². The molecule has 0 fully saturated rings. The Morgan fingerprint density at radius 3 is 2.00 bits per heavy atom. The van der Waals surface area contributed by atoms with Gasteiger partial charge in [0.05, 0.1) is 4.90 Å². The molecule has 2 rings (SSSR count). The summed E-state index contributed by atoms with van der Waals surface area (Å²) < 4.78 is 24.9. The van der Waals surface area contributed by atoms with Gasteiger partial charge in [0.25, 0.3) is 0 Å². The van der Waals surface area contributed by atoms with Gasteiger partial charge in [0.15, 0.2) is 11.6 Å². The quantitative estimate of drug-likeness (QED) is 0.787. The first kappa shape index (κ1) is 15.4. The highest BCUT2D eigenvalue weighted by Gasteiger charge is 2.28. The number of ketones is 2. The third-order valence-electron chi connectivity index (χ3n) is 3.24. The summed E-state index contributed by atoms with van der Waals surface area (Å²) in [7, 11) is -3.97. The molecular weight excluding hydrogens is 288 g/mol. The number of allylic oxidation sites excluding steroid dienone is 4. The zero-order valence-corrected chi connectivity index (χ0v) is 12.9. The third-order valence-corrected chi connectivity index (χ3v) is 5.03. The number of hydrogen-bond donors (Lipinski definition) is 0. The number of sulfone groups is 1. The van der Waals surface area contributed by atoms with Gasteiger partial charge in [-0.3, -0.25) is 9.59 Å². The van der Waals surface area contributed by atoms with Gasteiger partial charge in [-0.1, -0.05) is 32.9 Å². The van der Waals surface area contributed by atoms with Crippen molar-refractivity contribution in [3.63, 3.8) is 0 Å². The molecule has 1 aromatic rings. The molecule has 0 aromatic heterocycles. The Morgan fingerprint density at radius 1 is 0.905 bits per heavy atom. The van der Waals surface area contributed by atoms with Crippen molar-refractivity contribution in [3.05, 3.63) is 53.0 Å². The minimum Gasteiger partial charge on any atom is -0.290 e. The van der Waals surface area contributed by atoms with Gasteiger partial charge in [-0.25, -0.2) is 8.42 Å². The lowest BCUT2D eigenvalue weighted by Gasteiger charge is -2.19.